The van der Waals surface area contributed by atoms with Gasteiger partial charge in [-0.3, -0.25) is 4.99 Å². The molecule has 25 heavy (non-hydrogen) atoms. The number of nitrogens with one attached hydrogen (secondary N) is 1. The van der Waals surface area contributed by atoms with E-state index in [4.69, 9.17) is 0 Å². The summed E-state index contributed by atoms with van der Waals surface area (Å²) in [4.78, 5) is 10.8. The number of aryl methyl sites for hydroxylation is 1. The van der Waals surface area contributed by atoms with Crippen LogP contribution in [0, 0.1) is 18.7 Å². The average molecular weight is 343 g/mol. The van der Waals surface area contributed by atoms with E-state index in [-0.39, 0.29) is 5.82 Å². The smallest absolute Gasteiger partial charge is 0.193 e. The number of hydrogen-bond acceptors (Lipinski definition) is 2. The molecule has 1 N–H and O–H groups in total. The number of piperidine rings is 1. The van der Waals surface area contributed by atoms with Crippen LogP contribution in [-0.2, 0) is 6.54 Å². The number of imidazole rings is 1. The molecule has 1 aromatic heterocycles. The third-order valence-electron chi connectivity index (χ3n) is 4.84. The molecule has 0 spiro atoms. The third kappa shape index (κ3) is 4.00. The van der Waals surface area contributed by atoms with Crippen LogP contribution in [0.2, 0.25) is 0 Å². The number of rotatable bonds is 3. The van der Waals surface area contributed by atoms with Gasteiger partial charge in [0.15, 0.2) is 5.96 Å². The molecule has 0 radical (unpaired) electrons. The van der Waals surface area contributed by atoms with Crippen LogP contribution in [0.5, 0.6) is 0 Å². The van der Waals surface area contributed by atoms with Gasteiger partial charge < -0.3 is 14.8 Å². The molecular weight excluding hydrogens is 317 g/mol. The van der Waals surface area contributed by atoms with Crippen LogP contribution >= 0.6 is 0 Å². The van der Waals surface area contributed by atoms with Crippen molar-refractivity contribution in [2.75, 3.05) is 20.1 Å². The first-order valence-corrected chi connectivity index (χ1v) is 8.83. The minimum Gasteiger partial charge on any atom is -0.352 e. The van der Waals surface area contributed by atoms with E-state index in [2.05, 4.69) is 27.1 Å². The molecular formula is C19H26FN5. The van der Waals surface area contributed by atoms with Crippen molar-refractivity contribution >= 4 is 5.96 Å². The fourth-order valence-electron chi connectivity index (χ4n) is 3.22. The van der Waals surface area contributed by atoms with Crippen LogP contribution in [0.3, 0.4) is 0 Å². The summed E-state index contributed by atoms with van der Waals surface area (Å²) < 4.78 is 16.2. The molecule has 0 saturated carbocycles. The van der Waals surface area contributed by atoms with Crippen LogP contribution in [0.1, 0.15) is 31.2 Å². The lowest BCUT2D eigenvalue weighted by molar-refractivity contribution is 0.273. The Kier molecular flexibility index (Phi) is 5.36. The van der Waals surface area contributed by atoms with Gasteiger partial charge in [-0.15, -0.1) is 0 Å². The molecule has 0 atom stereocenters. The van der Waals surface area contributed by atoms with Crippen molar-refractivity contribution in [1.82, 2.24) is 19.8 Å². The van der Waals surface area contributed by atoms with Crippen molar-refractivity contribution in [3.63, 3.8) is 0 Å². The van der Waals surface area contributed by atoms with Crippen molar-refractivity contribution in [1.29, 1.82) is 0 Å². The largest absolute Gasteiger partial charge is 0.352 e. The Balaban J connectivity index is 1.65. The Morgan fingerprint density at radius 2 is 2.12 bits per heavy atom. The van der Waals surface area contributed by atoms with Gasteiger partial charge in [0.1, 0.15) is 11.6 Å². The second-order valence-corrected chi connectivity index (χ2v) is 6.70. The second kappa shape index (κ2) is 7.68. The minimum absolute atomic E-state index is 0.248. The van der Waals surface area contributed by atoms with Crippen LogP contribution in [0.4, 0.5) is 4.39 Å². The summed E-state index contributed by atoms with van der Waals surface area (Å²) in [6.45, 7) is 6.75. The molecule has 134 valence electrons. The molecule has 1 saturated heterocycles. The maximum absolute atomic E-state index is 14.5. The lowest BCUT2D eigenvalue weighted by Gasteiger charge is -2.32. The predicted octanol–water partition coefficient (Wildman–Crippen LogP) is 3.13. The molecule has 6 heteroatoms. The van der Waals surface area contributed by atoms with E-state index < -0.39 is 0 Å². The number of aromatic nitrogens is 2. The monoisotopic (exact) mass is 343 g/mol. The second-order valence-electron chi connectivity index (χ2n) is 6.70. The number of guanidine groups is 1. The van der Waals surface area contributed by atoms with E-state index in [9.17, 15) is 4.39 Å². The highest BCUT2D eigenvalue weighted by molar-refractivity contribution is 5.79. The van der Waals surface area contributed by atoms with E-state index in [0.717, 1.165) is 36.4 Å². The summed E-state index contributed by atoms with van der Waals surface area (Å²) in [6, 6.07) is 5.32. The maximum Gasteiger partial charge on any atom is 0.193 e. The summed E-state index contributed by atoms with van der Waals surface area (Å²) in [7, 11) is 1.80. The normalized spacial score (nSPS) is 16.3. The number of halogens is 1. The SMILES string of the molecule is CN=C(NCc1ccc(-n2ccnc2C)c(F)c1)N1CCC(C)CC1. The van der Waals surface area contributed by atoms with Crippen molar-refractivity contribution in [2.24, 2.45) is 10.9 Å². The third-order valence-corrected chi connectivity index (χ3v) is 4.84. The Labute approximate surface area is 148 Å². The standard InChI is InChI=1S/C19H26FN5/c1-14-6-9-24(10-7-14)19(21-3)23-13-16-4-5-18(17(20)12-16)25-11-8-22-15(25)2/h4-5,8,11-12,14H,6-7,9-10,13H2,1-3H3,(H,21,23). The quantitative estimate of drug-likeness (QED) is 0.688. The highest BCUT2D eigenvalue weighted by Gasteiger charge is 2.18. The molecule has 0 unspecified atom stereocenters. The van der Waals surface area contributed by atoms with Gasteiger partial charge in [-0.05, 0) is 43.4 Å². The van der Waals surface area contributed by atoms with Crippen LogP contribution in [-0.4, -0.2) is 40.5 Å². The molecule has 1 aliphatic heterocycles. The van der Waals surface area contributed by atoms with Crippen molar-refractivity contribution in [3.05, 3.63) is 47.8 Å². The molecule has 0 amide bonds. The molecule has 1 fully saturated rings. The van der Waals surface area contributed by atoms with Crippen LogP contribution in [0.25, 0.3) is 5.69 Å². The van der Waals surface area contributed by atoms with E-state index in [1.54, 1.807) is 36.1 Å². The van der Waals surface area contributed by atoms with E-state index in [1.165, 1.54) is 12.8 Å². The zero-order valence-corrected chi connectivity index (χ0v) is 15.2. The summed E-state index contributed by atoms with van der Waals surface area (Å²) in [5, 5.41) is 3.35. The van der Waals surface area contributed by atoms with E-state index in [0.29, 0.717) is 12.2 Å². The molecule has 1 aromatic carbocycles. The van der Waals surface area contributed by atoms with Gasteiger partial charge in [0.05, 0.1) is 5.69 Å². The van der Waals surface area contributed by atoms with Crippen molar-refractivity contribution in [3.8, 4) is 5.69 Å². The average Bonchev–Trinajstić information content (AvgIpc) is 3.03. The number of aliphatic imine (C=N–C) groups is 1. The summed E-state index contributed by atoms with van der Waals surface area (Å²) in [6.07, 6.45) is 5.82. The van der Waals surface area contributed by atoms with Gasteiger partial charge in [-0.1, -0.05) is 13.0 Å². The number of hydrogen-bond donors (Lipinski definition) is 1. The fourth-order valence-corrected chi connectivity index (χ4v) is 3.22. The summed E-state index contributed by atoms with van der Waals surface area (Å²) >= 11 is 0. The summed E-state index contributed by atoms with van der Waals surface area (Å²) in [5.74, 6) is 2.19. The lowest BCUT2D eigenvalue weighted by atomic mass is 9.99. The molecule has 2 heterocycles. The highest BCUT2D eigenvalue weighted by atomic mass is 19.1. The maximum atomic E-state index is 14.5. The zero-order chi connectivity index (χ0) is 17.8. The number of nitrogens with zero attached hydrogens (tertiary/aromatic N) is 4. The Morgan fingerprint density at radius 1 is 1.36 bits per heavy atom. The first kappa shape index (κ1) is 17.5. The lowest BCUT2D eigenvalue weighted by Crippen LogP contribution is -2.45. The topological polar surface area (TPSA) is 45.5 Å². The Hall–Kier alpha value is -2.37. The van der Waals surface area contributed by atoms with Crippen molar-refractivity contribution < 1.29 is 4.39 Å². The first-order chi connectivity index (χ1) is 12.1. The minimum atomic E-state index is -0.248. The predicted molar refractivity (Wildman–Crippen MR) is 98.4 cm³/mol. The van der Waals surface area contributed by atoms with Gasteiger partial charge in [-0.25, -0.2) is 9.37 Å². The van der Waals surface area contributed by atoms with Gasteiger partial charge in [0.2, 0.25) is 0 Å². The molecule has 1 aliphatic rings. The van der Waals surface area contributed by atoms with Crippen molar-refractivity contribution in [2.45, 2.75) is 33.2 Å². The van der Waals surface area contributed by atoms with Gasteiger partial charge >= 0.3 is 0 Å². The van der Waals surface area contributed by atoms with Crippen LogP contribution < -0.4 is 5.32 Å². The molecule has 2 aromatic rings. The van der Waals surface area contributed by atoms with Gasteiger partial charge in [0.25, 0.3) is 0 Å². The molecule has 3 rings (SSSR count). The van der Waals surface area contributed by atoms with Gasteiger partial charge in [-0.2, -0.15) is 0 Å². The first-order valence-electron chi connectivity index (χ1n) is 8.83. The van der Waals surface area contributed by atoms with E-state index >= 15 is 0 Å². The fraction of sp³-hybridized carbons (Fsp3) is 0.474. The molecule has 0 bridgehead atoms. The van der Waals surface area contributed by atoms with Crippen LogP contribution in [0.15, 0.2) is 35.6 Å². The zero-order valence-electron chi connectivity index (χ0n) is 15.2. The van der Waals surface area contributed by atoms with E-state index in [1.807, 2.05) is 13.0 Å². The Morgan fingerprint density at radius 3 is 2.72 bits per heavy atom. The highest BCUT2D eigenvalue weighted by Crippen LogP contribution is 2.18. The summed E-state index contributed by atoms with van der Waals surface area (Å²) in [5.41, 5.74) is 1.42. The number of likely N-dealkylation sites (tertiary alicyclic amines) is 1. The number of benzene rings is 1. The molecule has 0 aliphatic carbocycles. The Bertz CT molecular complexity index is 744. The van der Waals surface area contributed by atoms with Gasteiger partial charge in [0, 0.05) is 39.1 Å². The molecule has 5 nitrogen and oxygen atoms in total.